The number of amides is 1. The minimum Gasteiger partial charge on any atom is -0.377 e. The van der Waals surface area contributed by atoms with E-state index in [1.807, 2.05) is 17.0 Å². The van der Waals surface area contributed by atoms with Crippen LogP contribution in [-0.4, -0.2) is 80.4 Å². The standard InChI is InChI=1S/C25H30N6O3S/c1-17-16-34-12-9-31(17)23-15-22(27-24(28-23)20-7-8-26-21-4-2-3-19(20)21)29-35(33)13-10-30(11-14-35)25(32)18-5-6-18/h2-3,7-8,15,17-18H,4-6,9-14,16H2,1H3/t17-/m1/s1. The lowest BCUT2D eigenvalue weighted by atomic mass is 10.1. The van der Waals surface area contributed by atoms with Crippen molar-refractivity contribution in [2.75, 3.05) is 49.3 Å². The Bertz CT molecular complexity index is 1300. The van der Waals surface area contributed by atoms with Gasteiger partial charge in [0, 0.05) is 66.9 Å². The molecule has 0 unspecified atom stereocenters. The smallest absolute Gasteiger partial charge is 0.225 e. The summed E-state index contributed by atoms with van der Waals surface area (Å²) in [6.07, 6.45) is 8.70. The lowest BCUT2D eigenvalue weighted by molar-refractivity contribution is -0.132. The molecule has 184 valence electrons. The molecule has 1 saturated carbocycles. The number of carbonyl (C=O) groups is 1. The van der Waals surface area contributed by atoms with Crippen molar-refractivity contribution in [2.45, 2.75) is 32.2 Å². The fourth-order valence-electron chi connectivity index (χ4n) is 4.94. The van der Waals surface area contributed by atoms with E-state index < -0.39 is 9.73 Å². The molecule has 6 rings (SSSR count). The van der Waals surface area contributed by atoms with E-state index in [2.05, 4.69) is 29.0 Å². The molecule has 9 nitrogen and oxygen atoms in total. The molecule has 1 amide bonds. The van der Waals surface area contributed by atoms with Gasteiger partial charge in [0.1, 0.15) is 5.82 Å². The molecule has 0 radical (unpaired) electrons. The van der Waals surface area contributed by atoms with Crippen molar-refractivity contribution in [2.24, 2.45) is 10.3 Å². The Morgan fingerprint density at radius 2 is 2.03 bits per heavy atom. The summed E-state index contributed by atoms with van der Waals surface area (Å²) < 4.78 is 24.0. The lowest BCUT2D eigenvalue weighted by Crippen LogP contribution is -2.44. The fourth-order valence-corrected chi connectivity index (χ4v) is 6.78. The number of morpholine rings is 1. The van der Waals surface area contributed by atoms with E-state index >= 15 is 0 Å². The zero-order chi connectivity index (χ0) is 24.0. The highest BCUT2D eigenvalue weighted by Gasteiger charge is 2.35. The number of ether oxygens (including phenoxy) is 1. The molecule has 2 aliphatic heterocycles. The number of allylic oxidation sites excluding steroid dienone is 1. The van der Waals surface area contributed by atoms with Gasteiger partial charge >= 0.3 is 0 Å². The van der Waals surface area contributed by atoms with Crippen molar-refractivity contribution in [3.05, 3.63) is 35.7 Å². The third kappa shape index (κ3) is 4.56. The lowest BCUT2D eigenvalue weighted by Gasteiger charge is -2.34. The summed E-state index contributed by atoms with van der Waals surface area (Å²) in [7, 11) is -2.52. The number of carbonyl (C=O) groups excluding carboxylic acids is 1. The van der Waals surface area contributed by atoms with Crippen molar-refractivity contribution in [1.82, 2.24) is 19.9 Å². The van der Waals surface area contributed by atoms with Gasteiger partial charge in [-0.1, -0.05) is 12.2 Å². The molecule has 1 atom stereocenters. The quantitative estimate of drug-likeness (QED) is 0.644. The van der Waals surface area contributed by atoms with Gasteiger partial charge in [-0.15, -0.1) is 0 Å². The van der Waals surface area contributed by atoms with Crippen LogP contribution in [0.2, 0.25) is 0 Å². The first-order valence-corrected chi connectivity index (χ1v) is 14.2. The number of fused-ring (bicyclic) bond motifs is 1. The molecule has 2 aromatic heterocycles. The third-order valence-corrected chi connectivity index (χ3v) is 9.29. The van der Waals surface area contributed by atoms with Crippen molar-refractivity contribution in [3.8, 4) is 11.4 Å². The van der Waals surface area contributed by atoms with Gasteiger partial charge in [-0.2, -0.15) is 4.36 Å². The minimum absolute atomic E-state index is 0.160. The number of hydrogen-bond donors (Lipinski definition) is 0. The molecule has 0 spiro atoms. The number of rotatable bonds is 4. The Hall–Kier alpha value is -2.85. The van der Waals surface area contributed by atoms with E-state index in [4.69, 9.17) is 19.1 Å². The Balaban J connectivity index is 1.37. The number of anilines is 1. The molecule has 3 fully saturated rings. The second-order valence-electron chi connectivity index (χ2n) is 9.72. The molecule has 2 aromatic rings. The Morgan fingerprint density at radius 1 is 1.20 bits per heavy atom. The van der Waals surface area contributed by atoms with Gasteiger partial charge in [-0.3, -0.25) is 9.78 Å². The van der Waals surface area contributed by atoms with Gasteiger partial charge in [0.25, 0.3) is 0 Å². The van der Waals surface area contributed by atoms with Crippen LogP contribution in [0.4, 0.5) is 11.6 Å². The summed E-state index contributed by atoms with van der Waals surface area (Å²) >= 11 is 0. The second kappa shape index (κ2) is 8.98. The number of aromatic nitrogens is 3. The minimum atomic E-state index is -2.52. The van der Waals surface area contributed by atoms with E-state index in [0.29, 0.717) is 49.5 Å². The maximum atomic E-state index is 13.7. The predicted molar refractivity (Wildman–Crippen MR) is 135 cm³/mol. The van der Waals surface area contributed by atoms with Crippen LogP contribution in [0.25, 0.3) is 17.5 Å². The van der Waals surface area contributed by atoms with E-state index in [9.17, 15) is 9.00 Å². The van der Waals surface area contributed by atoms with Gasteiger partial charge in [-0.05, 0) is 25.8 Å². The molecule has 4 heterocycles. The second-order valence-corrected chi connectivity index (χ2v) is 12.3. The topological polar surface area (TPSA) is 101 Å². The Labute approximate surface area is 205 Å². The van der Waals surface area contributed by atoms with Gasteiger partial charge in [-0.25, -0.2) is 14.2 Å². The average molecular weight is 495 g/mol. The molecule has 0 aromatic carbocycles. The highest BCUT2D eigenvalue weighted by molar-refractivity contribution is 7.93. The van der Waals surface area contributed by atoms with Gasteiger partial charge < -0.3 is 14.5 Å². The highest BCUT2D eigenvalue weighted by Crippen LogP contribution is 2.33. The largest absolute Gasteiger partial charge is 0.377 e. The third-order valence-electron chi connectivity index (χ3n) is 7.13. The zero-order valence-corrected chi connectivity index (χ0v) is 20.7. The van der Waals surface area contributed by atoms with Crippen LogP contribution in [-0.2, 0) is 25.7 Å². The summed E-state index contributed by atoms with van der Waals surface area (Å²) in [5.41, 5.74) is 2.94. The van der Waals surface area contributed by atoms with Gasteiger partial charge in [0.15, 0.2) is 11.6 Å². The molecule has 0 bridgehead atoms. The maximum absolute atomic E-state index is 13.7. The molecule has 0 N–H and O–H groups in total. The van der Waals surface area contributed by atoms with Crippen LogP contribution in [0, 0.1) is 5.92 Å². The van der Waals surface area contributed by atoms with Crippen molar-refractivity contribution < 1.29 is 13.7 Å². The van der Waals surface area contributed by atoms with Crippen LogP contribution in [0.15, 0.2) is 28.8 Å². The summed E-state index contributed by atoms with van der Waals surface area (Å²) in [5.74, 6) is 2.90. The summed E-state index contributed by atoms with van der Waals surface area (Å²) in [4.78, 5) is 30.7. The first-order chi connectivity index (χ1) is 17.0. The molecule has 4 aliphatic rings. The molecule has 2 aliphatic carbocycles. The fraction of sp³-hybridized carbons (Fsp3) is 0.520. The van der Waals surface area contributed by atoms with Crippen LogP contribution in [0.1, 0.15) is 31.0 Å². The van der Waals surface area contributed by atoms with Crippen LogP contribution < -0.4 is 4.90 Å². The van der Waals surface area contributed by atoms with Crippen LogP contribution in [0.3, 0.4) is 0 Å². The summed E-state index contributed by atoms with van der Waals surface area (Å²) in [5, 5.41) is 0. The number of hydrogen-bond acceptors (Lipinski definition) is 8. The van der Waals surface area contributed by atoms with Crippen LogP contribution >= 0.6 is 0 Å². The van der Waals surface area contributed by atoms with E-state index in [1.165, 1.54) is 0 Å². The van der Waals surface area contributed by atoms with E-state index in [0.717, 1.165) is 48.4 Å². The van der Waals surface area contributed by atoms with Crippen LogP contribution in [0.5, 0.6) is 0 Å². The Morgan fingerprint density at radius 3 is 2.80 bits per heavy atom. The normalized spacial score (nSPS) is 23.3. The SMILES string of the molecule is C[C@@H]1COCCN1c1cc(N=S2(=O)CCN(C(=O)C3CC3)CC2)nc(-c2ccnc3c2C=CC3)n1. The van der Waals surface area contributed by atoms with Crippen molar-refractivity contribution in [3.63, 3.8) is 0 Å². The average Bonchev–Trinajstić information content (AvgIpc) is 3.60. The molecule has 10 heteroatoms. The molecular formula is C25H30N6O3S. The van der Waals surface area contributed by atoms with E-state index in [1.54, 1.807) is 6.20 Å². The Kier molecular flexibility index (Phi) is 5.80. The van der Waals surface area contributed by atoms with Crippen molar-refractivity contribution in [1.29, 1.82) is 0 Å². The number of pyridine rings is 1. The summed E-state index contributed by atoms with van der Waals surface area (Å²) in [6.45, 7) is 5.07. The highest BCUT2D eigenvalue weighted by atomic mass is 32.2. The molecular weight excluding hydrogens is 464 g/mol. The molecule has 35 heavy (non-hydrogen) atoms. The zero-order valence-electron chi connectivity index (χ0n) is 19.9. The monoisotopic (exact) mass is 494 g/mol. The molecule has 2 saturated heterocycles. The first kappa shape index (κ1) is 22.6. The predicted octanol–water partition coefficient (Wildman–Crippen LogP) is 2.68. The first-order valence-electron chi connectivity index (χ1n) is 12.4. The van der Waals surface area contributed by atoms with Gasteiger partial charge in [0.2, 0.25) is 5.91 Å². The van der Waals surface area contributed by atoms with Gasteiger partial charge in [0.05, 0.1) is 34.7 Å². The maximum Gasteiger partial charge on any atom is 0.225 e. The van der Waals surface area contributed by atoms with Crippen molar-refractivity contribution >= 4 is 33.3 Å². The summed E-state index contributed by atoms with van der Waals surface area (Å²) in [6, 6.07) is 3.94. The number of nitrogens with zero attached hydrogens (tertiary/aromatic N) is 6. The van der Waals surface area contributed by atoms with E-state index in [-0.39, 0.29) is 17.9 Å².